The molecule has 3 atom stereocenters. The maximum absolute atomic E-state index is 12.0. The van der Waals surface area contributed by atoms with Gasteiger partial charge in [0.2, 0.25) is 5.91 Å². The Kier molecular flexibility index (Phi) is 5.65. The van der Waals surface area contributed by atoms with Crippen molar-refractivity contribution in [2.45, 2.75) is 25.3 Å². The molecule has 5 N–H and O–H groups in total. The van der Waals surface area contributed by atoms with Crippen molar-refractivity contribution in [1.82, 2.24) is 4.90 Å². The summed E-state index contributed by atoms with van der Waals surface area (Å²) in [4.78, 5) is 45.8. The van der Waals surface area contributed by atoms with E-state index in [9.17, 15) is 19.2 Å². The molecule has 0 radical (unpaired) electrons. The maximum Gasteiger partial charge on any atom is 0.309 e. The van der Waals surface area contributed by atoms with E-state index in [2.05, 4.69) is 0 Å². The lowest BCUT2D eigenvalue weighted by atomic mass is 9.85. The fraction of sp³-hybridized carbons (Fsp3) is 0.667. The molecule has 118 valence electrons. The first-order chi connectivity index (χ1) is 9.73. The Morgan fingerprint density at radius 1 is 1.10 bits per heavy atom. The number of amides is 1. The molecule has 0 aliphatic carbocycles. The molecule has 0 aromatic carbocycles. The molecule has 1 rings (SSSR count). The summed E-state index contributed by atoms with van der Waals surface area (Å²) in [6, 6.07) is -1.03. The zero-order valence-electron chi connectivity index (χ0n) is 11.3. The van der Waals surface area contributed by atoms with Gasteiger partial charge in [-0.05, 0) is 12.8 Å². The van der Waals surface area contributed by atoms with Gasteiger partial charge in [0.05, 0.1) is 17.9 Å². The van der Waals surface area contributed by atoms with Crippen molar-refractivity contribution in [2.75, 3.05) is 13.1 Å². The Morgan fingerprint density at radius 2 is 1.67 bits per heavy atom. The van der Waals surface area contributed by atoms with Crippen molar-refractivity contribution in [2.24, 2.45) is 17.6 Å². The minimum Gasteiger partial charge on any atom is -0.481 e. The van der Waals surface area contributed by atoms with Crippen molar-refractivity contribution >= 4 is 23.8 Å². The van der Waals surface area contributed by atoms with Crippen LogP contribution in [0.1, 0.15) is 19.3 Å². The quantitative estimate of drug-likeness (QED) is 0.477. The summed E-state index contributed by atoms with van der Waals surface area (Å²) >= 11 is 0. The molecule has 0 saturated carbocycles. The van der Waals surface area contributed by atoms with Gasteiger partial charge in [0.25, 0.3) is 0 Å². The van der Waals surface area contributed by atoms with E-state index >= 15 is 0 Å². The van der Waals surface area contributed by atoms with Gasteiger partial charge in [0.15, 0.2) is 0 Å². The minimum absolute atomic E-state index is 0.0314. The van der Waals surface area contributed by atoms with Gasteiger partial charge in [0, 0.05) is 19.5 Å². The van der Waals surface area contributed by atoms with Gasteiger partial charge in [-0.15, -0.1) is 0 Å². The number of aliphatic carboxylic acids is 3. The summed E-state index contributed by atoms with van der Waals surface area (Å²) in [6.07, 6.45) is -0.282. The molecular weight excluding hydrogens is 284 g/mol. The monoisotopic (exact) mass is 302 g/mol. The van der Waals surface area contributed by atoms with Crippen LogP contribution in [0.4, 0.5) is 0 Å². The molecule has 9 heteroatoms. The molecule has 1 heterocycles. The SMILES string of the molecule is NC(CCC(=O)O)C(=O)N1CCC(C(=O)O)C(C(=O)O)C1. The van der Waals surface area contributed by atoms with Gasteiger partial charge in [-0.2, -0.15) is 0 Å². The standard InChI is InChI=1S/C12H18N2O7/c13-8(1-2-9(15)16)10(17)14-4-3-6(11(18)19)7(5-14)12(20)21/h6-8H,1-5,13H2,(H,15,16)(H,18,19)(H,20,21). The smallest absolute Gasteiger partial charge is 0.309 e. The lowest BCUT2D eigenvalue weighted by molar-refractivity contribution is -0.159. The number of hydrogen-bond donors (Lipinski definition) is 4. The van der Waals surface area contributed by atoms with E-state index in [1.807, 2.05) is 0 Å². The van der Waals surface area contributed by atoms with Crippen molar-refractivity contribution in [3.63, 3.8) is 0 Å². The van der Waals surface area contributed by atoms with Crippen molar-refractivity contribution < 1.29 is 34.5 Å². The zero-order chi connectivity index (χ0) is 16.2. The van der Waals surface area contributed by atoms with Crippen molar-refractivity contribution in [3.05, 3.63) is 0 Å². The second-order valence-corrected chi connectivity index (χ2v) is 5.00. The predicted octanol–water partition coefficient (Wildman–Crippen LogP) is -1.19. The van der Waals surface area contributed by atoms with Crippen molar-refractivity contribution in [1.29, 1.82) is 0 Å². The molecular formula is C12H18N2O7. The predicted molar refractivity (Wildman–Crippen MR) is 68.3 cm³/mol. The summed E-state index contributed by atoms with van der Waals surface area (Å²) in [5.74, 6) is -6.34. The molecule has 1 aliphatic rings. The highest BCUT2D eigenvalue weighted by Crippen LogP contribution is 2.25. The van der Waals surface area contributed by atoms with Crippen LogP contribution in [-0.4, -0.2) is 63.2 Å². The van der Waals surface area contributed by atoms with Crippen LogP contribution in [0.2, 0.25) is 0 Å². The Hall–Kier alpha value is -2.16. The number of likely N-dealkylation sites (tertiary alicyclic amines) is 1. The number of nitrogens with two attached hydrogens (primary N) is 1. The molecule has 9 nitrogen and oxygen atoms in total. The maximum atomic E-state index is 12.0. The number of carboxylic acids is 3. The first-order valence-electron chi connectivity index (χ1n) is 6.45. The van der Waals surface area contributed by atoms with Gasteiger partial charge in [-0.3, -0.25) is 19.2 Å². The Labute approximate surface area is 120 Å². The van der Waals surface area contributed by atoms with Crippen LogP contribution in [0.3, 0.4) is 0 Å². The highest BCUT2D eigenvalue weighted by molar-refractivity contribution is 5.85. The van der Waals surface area contributed by atoms with E-state index in [0.29, 0.717) is 0 Å². The largest absolute Gasteiger partial charge is 0.481 e. The van der Waals surface area contributed by atoms with Crippen LogP contribution in [0.5, 0.6) is 0 Å². The van der Waals surface area contributed by atoms with Crippen LogP contribution >= 0.6 is 0 Å². The molecule has 0 aromatic rings. The van der Waals surface area contributed by atoms with Gasteiger partial charge >= 0.3 is 17.9 Å². The second-order valence-electron chi connectivity index (χ2n) is 5.00. The van der Waals surface area contributed by atoms with Gasteiger partial charge < -0.3 is 26.0 Å². The van der Waals surface area contributed by atoms with E-state index < -0.39 is 41.7 Å². The third kappa shape index (κ3) is 4.42. The van der Waals surface area contributed by atoms with E-state index in [4.69, 9.17) is 21.1 Å². The number of rotatable bonds is 6. The van der Waals surface area contributed by atoms with E-state index in [0.717, 1.165) is 0 Å². The van der Waals surface area contributed by atoms with E-state index in [1.165, 1.54) is 4.90 Å². The number of hydrogen-bond acceptors (Lipinski definition) is 5. The average molecular weight is 302 g/mol. The molecule has 1 saturated heterocycles. The lowest BCUT2D eigenvalue weighted by Crippen LogP contribution is -2.52. The highest BCUT2D eigenvalue weighted by Gasteiger charge is 2.40. The Balaban J connectivity index is 2.69. The van der Waals surface area contributed by atoms with Crippen LogP contribution in [-0.2, 0) is 19.2 Å². The average Bonchev–Trinajstić information content (AvgIpc) is 2.42. The summed E-state index contributed by atoms with van der Waals surface area (Å²) < 4.78 is 0. The fourth-order valence-corrected chi connectivity index (χ4v) is 2.33. The molecule has 0 spiro atoms. The first kappa shape index (κ1) is 16.9. The van der Waals surface area contributed by atoms with Gasteiger partial charge in [0.1, 0.15) is 0 Å². The normalized spacial score (nSPS) is 23.4. The number of carboxylic acid groups (broad SMARTS) is 3. The van der Waals surface area contributed by atoms with Crippen molar-refractivity contribution in [3.8, 4) is 0 Å². The molecule has 1 aliphatic heterocycles. The van der Waals surface area contributed by atoms with Crippen LogP contribution in [0, 0.1) is 11.8 Å². The van der Waals surface area contributed by atoms with Crippen LogP contribution < -0.4 is 5.73 Å². The highest BCUT2D eigenvalue weighted by atomic mass is 16.4. The fourth-order valence-electron chi connectivity index (χ4n) is 2.33. The Morgan fingerprint density at radius 3 is 2.14 bits per heavy atom. The third-order valence-electron chi connectivity index (χ3n) is 3.55. The van der Waals surface area contributed by atoms with E-state index in [1.54, 1.807) is 0 Å². The van der Waals surface area contributed by atoms with Gasteiger partial charge in [-0.1, -0.05) is 0 Å². The molecule has 21 heavy (non-hydrogen) atoms. The van der Waals surface area contributed by atoms with E-state index in [-0.39, 0.29) is 32.4 Å². The Bertz CT molecular complexity index is 451. The molecule has 1 fully saturated rings. The number of nitrogens with zero attached hydrogens (tertiary/aromatic N) is 1. The van der Waals surface area contributed by atoms with Gasteiger partial charge in [-0.25, -0.2) is 0 Å². The number of carbonyl (C=O) groups is 4. The first-order valence-corrected chi connectivity index (χ1v) is 6.45. The summed E-state index contributed by atoms with van der Waals surface area (Å²) in [5, 5.41) is 26.6. The second kappa shape index (κ2) is 7.02. The summed E-state index contributed by atoms with van der Waals surface area (Å²) in [7, 11) is 0. The van der Waals surface area contributed by atoms with Crippen LogP contribution in [0.25, 0.3) is 0 Å². The molecule has 0 bridgehead atoms. The van der Waals surface area contributed by atoms with Crippen LogP contribution in [0.15, 0.2) is 0 Å². The lowest BCUT2D eigenvalue weighted by Gasteiger charge is -2.35. The number of piperidine rings is 1. The summed E-state index contributed by atoms with van der Waals surface area (Å²) in [5.41, 5.74) is 5.59. The number of carbonyl (C=O) groups excluding carboxylic acids is 1. The molecule has 3 unspecified atom stereocenters. The topological polar surface area (TPSA) is 158 Å². The molecule has 0 aromatic heterocycles. The zero-order valence-corrected chi connectivity index (χ0v) is 11.3. The minimum atomic E-state index is -1.28. The summed E-state index contributed by atoms with van der Waals surface area (Å²) in [6.45, 7) is -0.133. The molecule has 1 amide bonds. The third-order valence-corrected chi connectivity index (χ3v) is 3.55.